The third-order valence-electron chi connectivity index (χ3n) is 2.88. The molecule has 0 saturated carbocycles. The summed E-state index contributed by atoms with van der Waals surface area (Å²) >= 11 is 3.60. The lowest BCUT2D eigenvalue weighted by molar-refractivity contribution is 0.737. The van der Waals surface area contributed by atoms with E-state index in [-0.39, 0.29) is 0 Å². The molecular formula is C13H18BrN3. The molecule has 0 aliphatic heterocycles. The standard InChI is InChI=1S/C13H18BrN3/c1-7(2)11-10-9(14)6-17(5)13(10)16-12(15-11)8(3)4/h6-8H,1-5H3. The summed E-state index contributed by atoms with van der Waals surface area (Å²) in [7, 11) is 2.02. The molecule has 0 aromatic carbocycles. The molecule has 92 valence electrons. The van der Waals surface area contributed by atoms with Crippen molar-refractivity contribution in [3.8, 4) is 0 Å². The smallest absolute Gasteiger partial charge is 0.144 e. The maximum absolute atomic E-state index is 4.72. The molecular weight excluding hydrogens is 278 g/mol. The number of nitrogens with zero attached hydrogens (tertiary/aromatic N) is 3. The van der Waals surface area contributed by atoms with Crippen LogP contribution in [0.1, 0.15) is 51.0 Å². The van der Waals surface area contributed by atoms with E-state index in [1.54, 1.807) is 0 Å². The normalized spacial score (nSPS) is 12.0. The van der Waals surface area contributed by atoms with Gasteiger partial charge in [-0.25, -0.2) is 9.97 Å². The van der Waals surface area contributed by atoms with Crippen molar-refractivity contribution in [2.75, 3.05) is 0 Å². The lowest BCUT2D eigenvalue weighted by Crippen LogP contribution is -2.05. The van der Waals surface area contributed by atoms with Crippen LogP contribution in [0.5, 0.6) is 0 Å². The number of hydrogen-bond acceptors (Lipinski definition) is 2. The molecule has 2 heterocycles. The Labute approximate surface area is 110 Å². The summed E-state index contributed by atoms with van der Waals surface area (Å²) in [6.45, 7) is 8.60. The second kappa shape index (κ2) is 4.41. The molecule has 0 aliphatic rings. The zero-order valence-electron chi connectivity index (χ0n) is 11.0. The molecule has 17 heavy (non-hydrogen) atoms. The van der Waals surface area contributed by atoms with Crippen molar-refractivity contribution in [2.45, 2.75) is 39.5 Å². The molecule has 0 aliphatic carbocycles. The molecule has 0 amide bonds. The van der Waals surface area contributed by atoms with Crippen LogP contribution in [0.2, 0.25) is 0 Å². The highest BCUT2D eigenvalue weighted by molar-refractivity contribution is 9.10. The van der Waals surface area contributed by atoms with Crippen LogP contribution >= 0.6 is 15.9 Å². The van der Waals surface area contributed by atoms with Crippen molar-refractivity contribution in [1.82, 2.24) is 14.5 Å². The topological polar surface area (TPSA) is 30.7 Å². The zero-order chi connectivity index (χ0) is 12.7. The van der Waals surface area contributed by atoms with Gasteiger partial charge in [0.15, 0.2) is 0 Å². The minimum Gasteiger partial charge on any atom is -0.334 e. The predicted octanol–water partition coefficient (Wildman–Crippen LogP) is 3.98. The van der Waals surface area contributed by atoms with Crippen LogP contribution < -0.4 is 0 Å². The van der Waals surface area contributed by atoms with E-state index < -0.39 is 0 Å². The number of fused-ring (bicyclic) bond motifs is 1. The molecule has 2 aromatic rings. The van der Waals surface area contributed by atoms with Crippen molar-refractivity contribution >= 4 is 27.0 Å². The van der Waals surface area contributed by atoms with Gasteiger partial charge in [-0.1, -0.05) is 27.7 Å². The average molecular weight is 296 g/mol. The van der Waals surface area contributed by atoms with Gasteiger partial charge in [-0.05, 0) is 21.8 Å². The van der Waals surface area contributed by atoms with Gasteiger partial charge >= 0.3 is 0 Å². The fraction of sp³-hybridized carbons (Fsp3) is 0.538. The minimum absolute atomic E-state index is 0.352. The van der Waals surface area contributed by atoms with Crippen molar-refractivity contribution in [2.24, 2.45) is 7.05 Å². The Morgan fingerprint density at radius 1 is 1.12 bits per heavy atom. The second-order valence-corrected chi connectivity index (χ2v) is 5.92. The molecule has 0 radical (unpaired) electrons. The van der Waals surface area contributed by atoms with Gasteiger partial charge in [0, 0.05) is 23.6 Å². The Balaban J connectivity index is 2.83. The van der Waals surface area contributed by atoms with Gasteiger partial charge < -0.3 is 4.57 Å². The van der Waals surface area contributed by atoms with Crippen molar-refractivity contribution in [3.63, 3.8) is 0 Å². The summed E-state index contributed by atoms with van der Waals surface area (Å²) in [5, 5.41) is 1.15. The first kappa shape index (κ1) is 12.6. The molecule has 3 nitrogen and oxygen atoms in total. The number of halogens is 1. The highest BCUT2D eigenvalue weighted by Gasteiger charge is 2.17. The Kier molecular flexibility index (Phi) is 3.25. The van der Waals surface area contributed by atoms with E-state index in [1.807, 2.05) is 7.05 Å². The van der Waals surface area contributed by atoms with Gasteiger partial charge in [-0.15, -0.1) is 0 Å². The van der Waals surface area contributed by atoms with Crippen LogP contribution in [0, 0.1) is 0 Å². The summed E-state index contributed by atoms with van der Waals surface area (Å²) in [6.07, 6.45) is 2.05. The fourth-order valence-electron chi connectivity index (χ4n) is 1.94. The molecule has 0 spiro atoms. The number of aromatic nitrogens is 3. The van der Waals surface area contributed by atoms with E-state index in [0.29, 0.717) is 11.8 Å². The molecule has 0 saturated heterocycles. The quantitative estimate of drug-likeness (QED) is 0.839. The third-order valence-corrected chi connectivity index (χ3v) is 3.48. The van der Waals surface area contributed by atoms with Crippen molar-refractivity contribution < 1.29 is 0 Å². The molecule has 4 heteroatoms. The largest absolute Gasteiger partial charge is 0.334 e. The molecule has 0 atom stereocenters. The molecule has 2 rings (SSSR count). The van der Waals surface area contributed by atoms with E-state index in [1.165, 1.54) is 0 Å². The third kappa shape index (κ3) is 2.10. The van der Waals surface area contributed by atoms with Crippen LogP contribution in [0.15, 0.2) is 10.7 Å². The predicted molar refractivity (Wildman–Crippen MR) is 74.4 cm³/mol. The first-order valence-electron chi connectivity index (χ1n) is 5.94. The lowest BCUT2D eigenvalue weighted by atomic mass is 10.1. The van der Waals surface area contributed by atoms with Gasteiger partial charge in [-0.3, -0.25) is 0 Å². The van der Waals surface area contributed by atoms with Crippen LogP contribution in [0.4, 0.5) is 0 Å². The highest BCUT2D eigenvalue weighted by atomic mass is 79.9. The summed E-state index contributed by atoms with van der Waals surface area (Å²) in [4.78, 5) is 9.38. The van der Waals surface area contributed by atoms with E-state index in [4.69, 9.17) is 4.98 Å². The Hall–Kier alpha value is -0.900. The molecule has 0 unspecified atom stereocenters. The maximum atomic E-state index is 4.72. The van der Waals surface area contributed by atoms with E-state index in [2.05, 4.69) is 59.4 Å². The van der Waals surface area contributed by atoms with Gasteiger partial charge in [0.1, 0.15) is 11.5 Å². The second-order valence-electron chi connectivity index (χ2n) is 5.06. The number of rotatable bonds is 2. The van der Waals surface area contributed by atoms with Crippen molar-refractivity contribution in [3.05, 3.63) is 22.2 Å². The molecule has 0 fully saturated rings. The van der Waals surface area contributed by atoms with Crippen LogP contribution in [0.3, 0.4) is 0 Å². The van der Waals surface area contributed by atoms with E-state index in [9.17, 15) is 0 Å². The zero-order valence-corrected chi connectivity index (χ0v) is 12.5. The molecule has 2 aromatic heterocycles. The summed E-state index contributed by atoms with van der Waals surface area (Å²) < 4.78 is 3.13. The van der Waals surface area contributed by atoms with Crippen molar-refractivity contribution in [1.29, 1.82) is 0 Å². The van der Waals surface area contributed by atoms with E-state index >= 15 is 0 Å². The monoisotopic (exact) mass is 295 g/mol. The number of hydrogen-bond donors (Lipinski definition) is 0. The fourth-order valence-corrected chi connectivity index (χ4v) is 2.63. The maximum Gasteiger partial charge on any atom is 0.144 e. The Bertz CT molecular complexity index is 555. The highest BCUT2D eigenvalue weighted by Crippen LogP contribution is 2.31. The van der Waals surface area contributed by atoms with Crippen LogP contribution in [-0.2, 0) is 7.05 Å². The lowest BCUT2D eigenvalue weighted by Gasteiger charge is -2.11. The van der Waals surface area contributed by atoms with Gasteiger partial charge in [0.05, 0.1) is 11.1 Å². The SMILES string of the molecule is CC(C)c1nc(C(C)C)c2c(Br)cn(C)c2n1. The number of aryl methyl sites for hydroxylation is 1. The van der Waals surface area contributed by atoms with Gasteiger partial charge in [0.2, 0.25) is 0 Å². The summed E-state index contributed by atoms with van der Waals surface area (Å²) in [5.41, 5.74) is 2.14. The minimum atomic E-state index is 0.352. The first-order valence-corrected chi connectivity index (χ1v) is 6.73. The van der Waals surface area contributed by atoms with Gasteiger partial charge in [0.25, 0.3) is 0 Å². The van der Waals surface area contributed by atoms with Crippen LogP contribution in [0.25, 0.3) is 11.0 Å². The van der Waals surface area contributed by atoms with Crippen LogP contribution in [-0.4, -0.2) is 14.5 Å². The summed E-state index contributed by atoms with van der Waals surface area (Å²) in [6, 6.07) is 0. The average Bonchev–Trinajstić information content (AvgIpc) is 2.53. The summed E-state index contributed by atoms with van der Waals surface area (Å²) in [5.74, 6) is 1.68. The Morgan fingerprint density at radius 3 is 2.29 bits per heavy atom. The van der Waals surface area contributed by atoms with Gasteiger partial charge in [-0.2, -0.15) is 0 Å². The first-order chi connectivity index (χ1) is 7.91. The van der Waals surface area contributed by atoms with E-state index in [0.717, 1.165) is 27.0 Å². The molecule has 0 N–H and O–H groups in total. The Morgan fingerprint density at radius 2 is 1.76 bits per heavy atom. The molecule has 0 bridgehead atoms.